The zero-order valence-corrected chi connectivity index (χ0v) is 13.3. The molecule has 126 valence electrons. The van der Waals surface area contributed by atoms with Crippen LogP contribution in [0.3, 0.4) is 0 Å². The number of nitrogens with one attached hydrogen (secondary N) is 2. The van der Waals surface area contributed by atoms with E-state index in [2.05, 4.69) is 10.6 Å². The van der Waals surface area contributed by atoms with Gasteiger partial charge in [0.2, 0.25) is 0 Å². The molecule has 8 nitrogen and oxygen atoms in total. The average molecular weight is 359 g/mol. The van der Waals surface area contributed by atoms with Crippen molar-refractivity contribution < 1.29 is 14.8 Å². The molecular formula is C16H11ClN4O4. The van der Waals surface area contributed by atoms with Crippen LogP contribution in [0.25, 0.3) is 0 Å². The molecule has 0 radical (unpaired) electrons. The third-order valence-electron chi connectivity index (χ3n) is 3.00. The second-order valence-electron chi connectivity index (χ2n) is 4.74. The maximum atomic E-state index is 12.1. The third-order valence-corrected chi connectivity index (χ3v) is 3.31. The van der Waals surface area contributed by atoms with E-state index in [1.54, 1.807) is 12.1 Å². The monoisotopic (exact) mass is 358 g/mol. The highest BCUT2D eigenvalue weighted by molar-refractivity contribution is 6.32. The van der Waals surface area contributed by atoms with Crippen LogP contribution in [0, 0.1) is 21.4 Å². The fourth-order valence-corrected chi connectivity index (χ4v) is 2.02. The number of aromatic hydroxyl groups is 1. The van der Waals surface area contributed by atoms with Gasteiger partial charge in [0.25, 0.3) is 11.6 Å². The second-order valence-corrected chi connectivity index (χ2v) is 5.15. The lowest BCUT2D eigenvalue weighted by atomic mass is 10.2. The first-order valence-corrected chi connectivity index (χ1v) is 7.19. The Morgan fingerprint density at radius 1 is 1.28 bits per heavy atom. The van der Waals surface area contributed by atoms with Crippen LogP contribution in [0.4, 0.5) is 17.1 Å². The van der Waals surface area contributed by atoms with Crippen molar-refractivity contribution >= 4 is 34.6 Å². The molecule has 0 heterocycles. The highest BCUT2D eigenvalue weighted by Crippen LogP contribution is 2.27. The van der Waals surface area contributed by atoms with Gasteiger partial charge in [-0.3, -0.25) is 14.9 Å². The van der Waals surface area contributed by atoms with Gasteiger partial charge < -0.3 is 15.7 Å². The molecule has 3 N–H and O–H groups in total. The first-order valence-electron chi connectivity index (χ1n) is 6.82. The van der Waals surface area contributed by atoms with Crippen LogP contribution >= 0.6 is 11.6 Å². The summed E-state index contributed by atoms with van der Waals surface area (Å²) in [7, 11) is 0. The third kappa shape index (κ3) is 4.70. The number of nitro groups is 1. The predicted octanol–water partition coefficient (Wildman–Crippen LogP) is 3.41. The van der Waals surface area contributed by atoms with E-state index in [1.807, 2.05) is 0 Å². The van der Waals surface area contributed by atoms with Crippen LogP contribution in [-0.4, -0.2) is 15.9 Å². The van der Waals surface area contributed by atoms with Gasteiger partial charge in [-0.25, -0.2) is 0 Å². The van der Waals surface area contributed by atoms with Crippen molar-refractivity contribution in [2.75, 3.05) is 10.6 Å². The number of nitro benzene ring substituents is 1. The molecule has 25 heavy (non-hydrogen) atoms. The number of carbonyl (C=O) groups excluding carboxylic acids is 1. The molecule has 0 aromatic heterocycles. The summed E-state index contributed by atoms with van der Waals surface area (Å²) in [6.07, 6.45) is 1.12. The smallest absolute Gasteiger partial charge is 0.289 e. The van der Waals surface area contributed by atoms with E-state index in [9.17, 15) is 20.0 Å². The number of phenolic OH excluding ortho intramolecular Hbond substituents is 1. The number of nitriles is 1. The van der Waals surface area contributed by atoms with Crippen LogP contribution in [0.2, 0.25) is 5.02 Å². The number of hydrogen-bond donors (Lipinski definition) is 3. The van der Waals surface area contributed by atoms with Crippen molar-refractivity contribution in [1.29, 1.82) is 5.26 Å². The van der Waals surface area contributed by atoms with Crippen molar-refractivity contribution in [2.24, 2.45) is 0 Å². The van der Waals surface area contributed by atoms with Gasteiger partial charge in [0.15, 0.2) is 0 Å². The molecule has 0 saturated carbocycles. The van der Waals surface area contributed by atoms with Crippen LogP contribution in [-0.2, 0) is 4.79 Å². The van der Waals surface area contributed by atoms with Crippen LogP contribution in [0.5, 0.6) is 5.75 Å². The standard InChI is InChI=1S/C16H11ClN4O4/c17-14-5-4-11(7-15(14)21(24)25)19-9-10(8-18)16(23)20-12-2-1-3-13(22)6-12/h1-7,9,19,22H,(H,20,23)/b10-9-. The summed E-state index contributed by atoms with van der Waals surface area (Å²) in [6.45, 7) is 0. The summed E-state index contributed by atoms with van der Waals surface area (Å²) in [5.41, 5.74) is 0.0334. The van der Waals surface area contributed by atoms with E-state index in [1.165, 1.54) is 36.4 Å². The van der Waals surface area contributed by atoms with Gasteiger partial charge in [-0.05, 0) is 24.3 Å². The molecule has 1 amide bonds. The summed E-state index contributed by atoms with van der Waals surface area (Å²) in [5, 5.41) is 34.4. The Bertz CT molecular complexity index is 905. The molecule has 2 aromatic rings. The Balaban J connectivity index is 2.15. The van der Waals surface area contributed by atoms with Gasteiger partial charge in [-0.1, -0.05) is 17.7 Å². The fourth-order valence-electron chi connectivity index (χ4n) is 1.83. The number of anilines is 2. The number of rotatable bonds is 5. The Kier molecular flexibility index (Phi) is 5.55. The molecule has 0 unspecified atom stereocenters. The van der Waals surface area contributed by atoms with Gasteiger partial charge in [-0.2, -0.15) is 5.26 Å². The number of benzene rings is 2. The Hall–Kier alpha value is -3.57. The topological polar surface area (TPSA) is 128 Å². The van der Waals surface area contributed by atoms with Gasteiger partial charge in [-0.15, -0.1) is 0 Å². The van der Waals surface area contributed by atoms with E-state index in [-0.39, 0.29) is 27.7 Å². The summed E-state index contributed by atoms with van der Waals surface area (Å²) < 4.78 is 0. The first-order chi connectivity index (χ1) is 11.9. The van der Waals surface area contributed by atoms with Crippen LogP contribution in [0.15, 0.2) is 54.2 Å². The SMILES string of the molecule is N#C/C(=C/Nc1ccc(Cl)c([N+](=O)[O-])c1)C(=O)Nc1cccc(O)c1. The molecule has 0 saturated heterocycles. The lowest BCUT2D eigenvalue weighted by Crippen LogP contribution is -2.14. The highest BCUT2D eigenvalue weighted by atomic mass is 35.5. The van der Waals surface area contributed by atoms with Crippen molar-refractivity contribution in [3.05, 3.63) is 69.4 Å². The van der Waals surface area contributed by atoms with Gasteiger partial charge in [0, 0.05) is 29.7 Å². The lowest BCUT2D eigenvalue weighted by molar-refractivity contribution is -0.384. The number of nitrogens with zero attached hydrogens (tertiary/aromatic N) is 2. The maximum Gasteiger partial charge on any atom is 0.289 e. The minimum absolute atomic E-state index is 0.0262. The number of phenols is 1. The number of amides is 1. The summed E-state index contributed by atoms with van der Waals surface area (Å²) in [6, 6.07) is 11.5. The van der Waals surface area contributed by atoms with Gasteiger partial charge >= 0.3 is 0 Å². The lowest BCUT2D eigenvalue weighted by Gasteiger charge is -2.06. The number of halogens is 1. The van der Waals surface area contributed by atoms with Crippen molar-refractivity contribution in [2.45, 2.75) is 0 Å². The molecule has 0 aliphatic heterocycles. The zero-order chi connectivity index (χ0) is 18.4. The van der Waals surface area contributed by atoms with E-state index < -0.39 is 10.8 Å². The molecule has 0 fully saturated rings. The van der Waals surface area contributed by atoms with Gasteiger partial charge in [0.05, 0.1) is 4.92 Å². The zero-order valence-electron chi connectivity index (χ0n) is 12.6. The first kappa shape index (κ1) is 17.8. The quantitative estimate of drug-likeness (QED) is 0.325. The molecule has 0 spiro atoms. The summed E-state index contributed by atoms with van der Waals surface area (Å²) in [4.78, 5) is 22.3. The predicted molar refractivity (Wildman–Crippen MR) is 92.2 cm³/mol. The molecule has 2 rings (SSSR count). The number of carbonyl (C=O) groups is 1. The molecule has 0 aliphatic rings. The van der Waals surface area contributed by atoms with E-state index in [0.717, 1.165) is 6.20 Å². The second kappa shape index (κ2) is 7.81. The summed E-state index contributed by atoms with van der Waals surface area (Å²) >= 11 is 5.71. The number of hydrogen-bond acceptors (Lipinski definition) is 6. The molecule has 2 aromatic carbocycles. The van der Waals surface area contributed by atoms with Crippen LogP contribution in [0.1, 0.15) is 0 Å². The average Bonchev–Trinajstić information content (AvgIpc) is 2.56. The summed E-state index contributed by atoms with van der Waals surface area (Å²) in [5.74, 6) is -0.740. The molecular weight excluding hydrogens is 348 g/mol. The minimum Gasteiger partial charge on any atom is -0.508 e. The Morgan fingerprint density at radius 3 is 2.68 bits per heavy atom. The Morgan fingerprint density at radius 2 is 2.04 bits per heavy atom. The minimum atomic E-state index is -0.705. The van der Waals surface area contributed by atoms with Gasteiger partial charge in [0.1, 0.15) is 22.4 Å². The molecule has 0 bridgehead atoms. The van der Waals surface area contributed by atoms with E-state index in [0.29, 0.717) is 5.69 Å². The fraction of sp³-hybridized carbons (Fsp3) is 0. The van der Waals surface area contributed by atoms with Crippen molar-refractivity contribution in [3.8, 4) is 11.8 Å². The highest BCUT2D eigenvalue weighted by Gasteiger charge is 2.13. The largest absolute Gasteiger partial charge is 0.508 e. The molecule has 9 heteroatoms. The van der Waals surface area contributed by atoms with Crippen LogP contribution < -0.4 is 10.6 Å². The van der Waals surface area contributed by atoms with Crippen molar-refractivity contribution in [1.82, 2.24) is 0 Å². The van der Waals surface area contributed by atoms with Crippen molar-refractivity contribution in [3.63, 3.8) is 0 Å². The Labute approximate surface area is 147 Å². The molecule has 0 aliphatic carbocycles. The van der Waals surface area contributed by atoms with E-state index in [4.69, 9.17) is 16.9 Å². The molecule has 0 atom stereocenters. The van der Waals surface area contributed by atoms with E-state index >= 15 is 0 Å². The maximum absolute atomic E-state index is 12.1. The normalized spacial score (nSPS) is 10.6.